The van der Waals surface area contributed by atoms with Crippen LogP contribution in [0.1, 0.15) is 18.3 Å². The Morgan fingerprint density at radius 2 is 1.48 bits per heavy atom. The van der Waals surface area contributed by atoms with Crippen molar-refractivity contribution in [1.29, 1.82) is 0 Å². The summed E-state index contributed by atoms with van der Waals surface area (Å²) in [7, 11) is -5.64. The predicted octanol–water partition coefficient (Wildman–Crippen LogP) is 5.22. The van der Waals surface area contributed by atoms with Gasteiger partial charge in [0.1, 0.15) is 5.82 Å². The number of imidazole rings is 1. The molecule has 0 amide bonds. The number of halogens is 8. The minimum absolute atomic E-state index is 0.122. The molecule has 1 aromatic heterocycles. The molecule has 0 bridgehead atoms. The Morgan fingerprint density at radius 3 is 2.00 bits per heavy atom. The molecule has 4 nitrogen and oxygen atoms in total. The molecule has 0 aliphatic heterocycles. The monoisotopic (exact) mass is 470 g/mol. The second-order valence-electron chi connectivity index (χ2n) is 6.13. The second-order valence-corrected chi connectivity index (χ2v) is 8.07. The number of hydrogen-bond acceptors (Lipinski definition) is 3. The molecule has 31 heavy (non-hydrogen) atoms. The number of rotatable bonds is 4. The van der Waals surface area contributed by atoms with E-state index in [1.165, 1.54) is 4.57 Å². The summed E-state index contributed by atoms with van der Waals surface area (Å²) in [4.78, 5) is 2.85. The van der Waals surface area contributed by atoms with Crippen molar-refractivity contribution in [2.75, 3.05) is 0 Å². The molecule has 0 fully saturated rings. The van der Waals surface area contributed by atoms with Crippen LogP contribution in [-0.4, -0.2) is 23.5 Å². The zero-order valence-electron chi connectivity index (χ0n) is 15.2. The van der Waals surface area contributed by atoms with Crippen molar-refractivity contribution in [3.63, 3.8) is 0 Å². The summed E-state index contributed by atoms with van der Waals surface area (Å²) in [6.45, 7) is 1.72. The number of hydrogen-bond donors (Lipinski definition) is 0. The first-order valence-corrected chi connectivity index (χ1v) is 9.80. The highest BCUT2D eigenvalue weighted by Crippen LogP contribution is 2.32. The molecule has 13 heteroatoms. The number of fused-ring (bicyclic) bond motifs is 1. The molecule has 3 aromatic rings. The lowest BCUT2D eigenvalue weighted by Crippen LogP contribution is -2.23. The molecule has 0 atom stereocenters. The van der Waals surface area contributed by atoms with E-state index in [-0.39, 0.29) is 23.4 Å². The number of alkyl halides is 3. The van der Waals surface area contributed by atoms with Crippen LogP contribution in [0.4, 0.5) is 35.1 Å². The SMILES string of the molecule is CCn1c(C=Cc2c(F)c(F)c(F)c(F)c2F)nc2cc(S(=O)(=O)C(F)(F)F)ccc21. The lowest BCUT2D eigenvalue weighted by molar-refractivity contribution is -0.0435. The summed E-state index contributed by atoms with van der Waals surface area (Å²) in [5.41, 5.74) is -6.79. The van der Waals surface area contributed by atoms with Crippen molar-refractivity contribution in [1.82, 2.24) is 9.55 Å². The van der Waals surface area contributed by atoms with Crippen LogP contribution in [-0.2, 0) is 16.4 Å². The van der Waals surface area contributed by atoms with Gasteiger partial charge in [0.15, 0.2) is 23.3 Å². The summed E-state index contributed by atoms with van der Waals surface area (Å²) in [6, 6.07) is 2.44. The van der Waals surface area contributed by atoms with Gasteiger partial charge in [0.25, 0.3) is 9.84 Å². The van der Waals surface area contributed by atoms with Crippen LogP contribution in [0.5, 0.6) is 0 Å². The Balaban J connectivity index is 2.15. The van der Waals surface area contributed by atoms with Crippen molar-refractivity contribution < 1.29 is 43.5 Å². The Hall–Kier alpha value is -2.96. The van der Waals surface area contributed by atoms with Crippen molar-refractivity contribution in [2.45, 2.75) is 23.9 Å². The minimum Gasteiger partial charge on any atom is -0.325 e. The zero-order valence-corrected chi connectivity index (χ0v) is 16.1. The number of aryl methyl sites for hydroxylation is 1. The van der Waals surface area contributed by atoms with Gasteiger partial charge in [0, 0.05) is 6.54 Å². The van der Waals surface area contributed by atoms with E-state index in [1.54, 1.807) is 6.92 Å². The van der Waals surface area contributed by atoms with Crippen molar-refractivity contribution >= 4 is 33.0 Å². The smallest absolute Gasteiger partial charge is 0.325 e. The van der Waals surface area contributed by atoms with Crippen LogP contribution in [0.3, 0.4) is 0 Å². The molecule has 166 valence electrons. The summed E-state index contributed by atoms with van der Waals surface area (Å²) in [5.74, 6) is -10.9. The Labute approximate surface area is 169 Å². The summed E-state index contributed by atoms with van der Waals surface area (Å²) >= 11 is 0. The largest absolute Gasteiger partial charge is 0.501 e. The highest BCUT2D eigenvalue weighted by Gasteiger charge is 2.47. The number of benzene rings is 2. The molecule has 1 heterocycles. The molecule has 0 saturated heterocycles. The highest BCUT2D eigenvalue weighted by atomic mass is 32.2. The van der Waals surface area contributed by atoms with Gasteiger partial charge in [0.05, 0.1) is 21.5 Å². The van der Waals surface area contributed by atoms with Gasteiger partial charge in [-0.05, 0) is 37.3 Å². The average molecular weight is 470 g/mol. The quantitative estimate of drug-likeness (QED) is 0.299. The third-order valence-electron chi connectivity index (χ3n) is 4.32. The molecular formula is C18H10F8N2O2S. The Kier molecular flexibility index (Phi) is 5.59. The molecule has 0 N–H and O–H groups in total. The van der Waals surface area contributed by atoms with Crippen LogP contribution in [0.2, 0.25) is 0 Å². The van der Waals surface area contributed by atoms with Crippen LogP contribution in [0.25, 0.3) is 23.2 Å². The maximum absolute atomic E-state index is 13.8. The van der Waals surface area contributed by atoms with Gasteiger partial charge >= 0.3 is 5.51 Å². The van der Waals surface area contributed by atoms with Gasteiger partial charge < -0.3 is 4.57 Å². The van der Waals surface area contributed by atoms with E-state index in [1.807, 2.05) is 0 Å². The molecule has 0 radical (unpaired) electrons. The van der Waals surface area contributed by atoms with E-state index in [9.17, 15) is 43.5 Å². The fourth-order valence-electron chi connectivity index (χ4n) is 2.81. The topological polar surface area (TPSA) is 52.0 Å². The molecule has 0 saturated carbocycles. The Morgan fingerprint density at radius 1 is 0.935 bits per heavy atom. The van der Waals surface area contributed by atoms with E-state index < -0.39 is 54.9 Å². The number of nitrogens with zero attached hydrogens (tertiary/aromatic N) is 2. The van der Waals surface area contributed by atoms with Crippen LogP contribution in [0.15, 0.2) is 23.1 Å². The normalized spacial score (nSPS) is 12.9. The van der Waals surface area contributed by atoms with E-state index in [2.05, 4.69) is 4.98 Å². The number of aromatic nitrogens is 2. The fourth-order valence-corrected chi connectivity index (χ4v) is 3.60. The predicted molar refractivity (Wildman–Crippen MR) is 93.8 cm³/mol. The fraction of sp³-hybridized carbons (Fsp3) is 0.167. The first-order chi connectivity index (χ1) is 14.3. The van der Waals surface area contributed by atoms with Crippen molar-refractivity contribution in [2.24, 2.45) is 0 Å². The van der Waals surface area contributed by atoms with Crippen molar-refractivity contribution in [3.8, 4) is 0 Å². The van der Waals surface area contributed by atoms with E-state index in [0.717, 1.165) is 18.2 Å². The molecular weight excluding hydrogens is 460 g/mol. The van der Waals surface area contributed by atoms with Gasteiger partial charge in [-0.3, -0.25) is 0 Å². The molecule has 2 aromatic carbocycles. The summed E-state index contributed by atoms with van der Waals surface area (Å²) in [6.07, 6.45) is 1.46. The van der Waals surface area contributed by atoms with Crippen LogP contribution < -0.4 is 0 Å². The van der Waals surface area contributed by atoms with Crippen LogP contribution >= 0.6 is 0 Å². The summed E-state index contributed by atoms with van der Waals surface area (Å²) < 4.78 is 130. The van der Waals surface area contributed by atoms with E-state index >= 15 is 0 Å². The van der Waals surface area contributed by atoms with Gasteiger partial charge in [0.2, 0.25) is 5.82 Å². The standard InChI is InChI=1S/C18H10F8N2O2S/c1-2-28-11-5-3-8(31(29,30)18(24,25)26)7-10(11)27-12(28)6-4-9-13(19)15(21)17(23)16(22)14(9)20/h3-7H,2H2,1H3. The molecule has 0 aliphatic carbocycles. The summed E-state index contributed by atoms with van der Waals surface area (Å²) in [5, 5.41) is 0. The lowest BCUT2D eigenvalue weighted by atomic mass is 10.1. The van der Waals surface area contributed by atoms with E-state index in [4.69, 9.17) is 0 Å². The van der Waals surface area contributed by atoms with Crippen LogP contribution in [0, 0.1) is 29.1 Å². The van der Waals surface area contributed by atoms with Gasteiger partial charge in [-0.15, -0.1) is 0 Å². The van der Waals surface area contributed by atoms with E-state index in [0.29, 0.717) is 12.1 Å². The maximum Gasteiger partial charge on any atom is 0.501 e. The van der Waals surface area contributed by atoms with Crippen molar-refractivity contribution in [3.05, 3.63) is 58.7 Å². The van der Waals surface area contributed by atoms with Gasteiger partial charge in [-0.25, -0.2) is 35.4 Å². The lowest BCUT2D eigenvalue weighted by Gasteiger charge is -2.08. The van der Waals surface area contributed by atoms with Gasteiger partial charge in [-0.1, -0.05) is 0 Å². The Bertz CT molecular complexity index is 1300. The zero-order chi connectivity index (χ0) is 23.3. The second kappa shape index (κ2) is 7.62. The highest BCUT2D eigenvalue weighted by molar-refractivity contribution is 7.92. The first kappa shape index (κ1) is 22.7. The third-order valence-corrected chi connectivity index (χ3v) is 5.81. The third kappa shape index (κ3) is 3.66. The molecule has 3 rings (SSSR count). The first-order valence-electron chi connectivity index (χ1n) is 8.32. The maximum atomic E-state index is 13.8. The molecule has 0 spiro atoms. The number of sulfone groups is 1. The molecule has 0 unspecified atom stereocenters. The molecule has 0 aliphatic rings. The average Bonchev–Trinajstić information content (AvgIpc) is 3.06. The van der Waals surface area contributed by atoms with Gasteiger partial charge in [-0.2, -0.15) is 13.2 Å². The minimum atomic E-state index is -5.64.